The third-order valence-electron chi connectivity index (χ3n) is 3.20. The fourth-order valence-electron chi connectivity index (χ4n) is 2.08. The maximum Gasteiger partial charge on any atom is 0.417 e. The highest BCUT2D eigenvalue weighted by atomic mass is 35.5. The van der Waals surface area contributed by atoms with Crippen molar-refractivity contribution in [2.24, 2.45) is 0 Å². The van der Waals surface area contributed by atoms with Gasteiger partial charge in [0.25, 0.3) is 0 Å². The summed E-state index contributed by atoms with van der Waals surface area (Å²) in [6, 6.07) is 0.866. The van der Waals surface area contributed by atoms with E-state index in [4.69, 9.17) is 16.3 Å². The Morgan fingerprint density at radius 3 is 2.71 bits per heavy atom. The highest BCUT2D eigenvalue weighted by molar-refractivity contribution is 6.32. The van der Waals surface area contributed by atoms with E-state index in [2.05, 4.69) is 15.6 Å². The van der Waals surface area contributed by atoms with E-state index in [9.17, 15) is 13.2 Å². The molecule has 2 heterocycles. The molecule has 8 heteroatoms. The molecule has 1 aliphatic rings. The number of rotatable bonds is 5. The molecule has 4 nitrogen and oxygen atoms in total. The van der Waals surface area contributed by atoms with E-state index < -0.39 is 11.7 Å². The first-order chi connectivity index (χ1) is 9.97. The number of alkyl halides is 3. The molecule has 1 aromatic rings. The molecule has 2 N–H and O–H groups in total. The molecule has 2 rings (SSSR count). The zero-order valence-electron chi connectivity index (χ0n) is 11.3. The number of aromatic nitrogens is 1. The van der Waals surface area contributed by atoms with Gasteiger partial charge in [0.2, 0.25) is 0 Å². The Balaban J connectivity index is 1.78. The van der Waals surface area contributed by atoms with E-state index in [1.54, 1.807) is 0 Å². The third kappa shape index (κ3) is 5.01. The van der Waals surface area contributed by atoms with Gasteiger partial charge < -0.3 is 15.4 Å². The van der Waals surface area contributed by atoms with Crippen LogP contribution in [0.1, 0.15) is 18.4 Å². The summed E-state index contributed by atoms with van der Waals surface area (Å²) in [7, 11) is 0. The Morgan fingerprint density at radius 2 is 2.10 bits per heavy atom. The van der Waals surface area contributed by atoms with Gasteiger partial charge in [-0.15, -0.1) is 0 Å². The molecule has 0 aromatic carbocycles. The molecule has 0 bridgehead atoms. The van der Waals surface area contributed by atoms with Crippen molar-refractivity contribution in [2.75, 3.05) is 31.6 Å². The van der Waals surface area contributed by atoms with Crippen LogP contribution in [0.15, 0.2) is 12.3 Å². The van der Waals surface area contributed by atoms with Gasteiger partial charge in [-0.1, -0.05) is 11.6 Å². The van der Waals surface area contributed by atoms with E-state index in [0.29, 0.717) is 13.2 Å². The smallest absolute Gasteiger partial charge is 0.376 e. The van der Waals surface area contributed by atoms with Crippen molar-refractivity contribution in [3.05, 3.63) is 22.8 Å². The number of anilines is 1. The number of hydrogen-bond acceptors (Lipinski definition) is 4. The Labute approximate surface area is 126 Å². The van der Waals surface area contributed by atoms with Crippen molar-refractivity contribution in [2.45, 2.75) is 25.1 Å². The lowest BCUT2D eigenvalue weighted by molar-refractivity contribution is -0.137. The second-order valence-electron chi connectivity index (χ2n) is 4.80. The second-order valence-corrected chi connectivity index (χ2v) is 5.21. The molecular weight excluding hydrogens is 307 g/mol. The molecule has 1 fully saturated rings. The van der Waals surface area contributed by atoms with Crippen LogP contribution in [-0.4, -0.2) is 37.3 Å². The van der Waals surface area contributed by atoms with E-state index >= 15 is 0 Å². The highest BCUT2D eigenvalue weighted by Gasteiger charge is 2.31. The lowest BCUT2D eigenvalue weighted by Gasteiger charge is -2.23. The van der Waals surface area contributed by atoms with Crippen LogP contribution in [0.25, 0.3) is 0 Å². The van der Waals surface area contributed by atoms with Crippen molar-refractivity contribution in [3.8, 4) is 0 Å². The van der Waals surface area contributed by atoms with Gasteiger partial charge in [-0.25, -0.2) is 4.98 Å². The number of nitrogens with zero attached hydrogens (tertiary/aromatic N) is 1. The fourth-order valence-corrected chi connectivity index (χ4v) is 2.31. The quantitative estimate of drug-likeness (QED) is 0.818. The largest absolute Gasteiger partial charge is 0.417 e. The van der Waals surface area contributed by atoms with Crippen molar-refractivity contribution < 1.29 is 17.9 Å². The van der Waals surface area contributed by atoms with Gasteiger partial charge in [0.15, 0.2) is 0 Å². The van der Waals surface area contributed by atoms with Gasteiger partial charge in [0.1, 0.15) is 5.82 Å². The van der Waals surface area contributed by atoms with Gasteiger partial charge >= 0.3 is 6.18 Å². The molecule has 0 unspecified atom stereocenters. The Morgan fingerprint density at radius 1 is 1.38 bits per heavy atom. The van der Waals surface area contributed by atoms with Crippen LogP contribution < -0.4 is 10.6 Å². The topological polar surface area (TPSA) is 46.2 Å². The number of pyridine rings is 1. The Kier molecular flexibility index (Phi) is 5.66. The average molecular weight is 324 g/mol. The van der Waals surface area contributed by atoms with Crippen LogP contribution in [0.2, 0.25) is 5.02 Å². The monoisotopic (exact) mass is 323 g/mol. The minimum Gasteiger partial charge on any atom is -0.376 e. The molecule has 0 amide bonds. The zero-order valence-corrected chi connectivity index (χ0v) is 12.1. The standard InChI is InChI=1S/C13H17ClF3N3O/c14-11-7-9(13(15,16)17)8-20-12(11)19-5-6-21-10-1-3-18-4-2-10/h7-8,10,18H,1-6H2,(H,19,20). The summed E-state index contributed by atoms with van der Waals surface area (Å²) < 4.78 is 43.1. The average Bonchev–Trinajstić information content (AvgIpc) is 2.45. The van der Waals surface area contributed by atoms with Crippen molar-refractivity contribution >= 4 is 17.4 Å². The van der Waals surface area contributed by atoms with Gasteiger partial charge in [0, 0.05) is 12.7 Å². The fraction of sp³-hybridized carbons (Fsp3) is 0.615. The van der Waals surface area contributed by atoms with Crippen LogP contribution in [0.3, 0.4) is 0 Å². The molecule has 21 heavy (non-hydrogen) atoms. The van der Waals surface area contributed by atoms with Crippen molar-refractivity contribution in [3.63, 3.8) is 0 Å². The molecule has 0 saturated carbocycles. The highest BCUT2D eigenvalue weighted by Crippen LogP contribution is 2.32. The maximum atomic E-state index is 12.5. The first kappa shape index (κ1) is 16.3. The summed E-state index contributed by atoms with van der Waals surface area (Å²) in [5.74, 6) is 0.235. The first-order valence-electron chi connectivity index (χ1n) is 6.76. The predicted octanol–water partition coefficient (Wildman–Crippen LogP) is 2.93. The van der Waals surface area contributed by atoms with Crippen LogP contribution in [0, 0.1) is 0 Å². The Bertz CT molecular complexity index is 464. The minimum atomic E-state index is -4.44. The SMILES string of the molecule is FC(F)(F)c1cnc(NCCOC2CCNCC2)c(Cl)c1. The summed E-state index contributed by atoms with van der Waals surface area (Å²) in [6.07, 6.45) is -1.49. The molecule has 1 saturated heterocycles. The third-order valence-corrected chi connectivity index (χ3v) is 3.49. The predicted molar refractivity (Wildman–Crippen MR) is 74.6 cm³/mol. The minimum absolute atomic E-state index is 0.0494. The summed E-state index contributed by atoms with van der Waals surface area (Å²) in [5.41, 5.74) is -0.857. The molecular formula is C13H17ClF3N3O. The number of ether oxygens (including phenoxy) is 1. The van der Waals surface area contributed by atoms with Gasteiger partial charge in [0.05, 0.1) is 23.3 Å². The summed E-state index contributed by atoms with van der Waals surface area (Å²) in [5, 5.41) is 6.07. The van der Waals surface area contributed by atoms with E-state index in [1.165, 1.54) is 0 Å². The van der Waals surface area contributed by atoms with E-state index in [-0.39, 0.29) is 16.9 Å². The van der Waals surface area contributed by atoms with E-state index in [1.807, 2.05) is 0 Å². The lowest BCUT2D eigenvalue weighted by Crippen LogP contribution is -2.33. The molecule has 0 aliphatic carbocycles. The number of piperidine rings is 1. The van der Waals surface area contributed by atoms with Gasteiger partial charge in [-0.3, -0.25) is 0 Å². The maximum absolute atomic E-state index is 12.5. The summed E-state index contributed by atoms with van der Waals surface area (Å²) in [4.78, 5) is 3.70. The summed E-state index contributed by atoms with van der Waals surface area (Å²) in [6.45, 7) is 2.81. The number of hydrogen-bond donors (Lipinski definition) is 2. The number of nitrogens with one attached hydrogen (secondary N) is 2. The lowest BCUT2D eigenvalue weighted by atomic mass is 10.1. The molecule has 0 spiro atoms. The van der Waals surface area contributed by atoms with Gasteiger partial charge in [-0.05, 0) is 32.0 Å². The molecule has 0 atom stereocenters. The summed E-state index contributed by atoms with van der Waals surface area (Å²) >= 11 is 5.79. The van der Waals surface area contributed by atoms with Crippen molar-refractivity contribution in [1.82, 2.24) is 10.3 Å². The second kappa shape index (κ2) is 7.29. The normalized spacial score (nSPS) is 17.0. The number of halogens is 4. The zero-order chi connectivity index (χ0) is 15.3. The van der Waals surface area contributed by atoms with Crippen LogP contribution in [0.4, 0.5) is 19.0 Å². The van der Waals surface area contributed by atoms with E-state index in [0.717, 1.165) is 38.2 Å². The molecule has 0 radical (unpaired) electrons. The Hall–Kier alpha value is -1.05. The van der Waals surface area contributed by atoms with Crippen LogP contribution >= 0.6 is 11.6 Å². The molecule has 118 valence electrons. The molecule has 1 aliphatic heterocycles. The van der Waals surface area contributed by atoms with Crippen LogP contribution in [0.5, 0.6) is 0 Å². The first-order valence-corrected chi connectivity index (χ1v) is 7.13. The molecule has 1 aromatic heterocycles. The van der Waals surface area contributed by atoms with Crippen LogP contribution in [-0.2, 0) is 10.9 Å². The van der Waals surface area contributed by atoms with Gasteiger partial charge in [-0.2, -0.15) is 13.2 Å². The van der Waals surface area contributed by atoms with Crippen molar-refractivity contribution in [1.29, 1.82) is 0 Å².